The summed E-state index contributed by atoms with van der Waals surface area (Å²) in [7, 11) is 1.61. The summed E-state index contributed by atoms with van der Waals surface area (Å²) in [6.45, 7) is 6.57. The van der Waals surface area contributed by atoms with E-state index in [1.807, 2.05) is 20.8 Å². The molecule has 0 spiro atoms. The highest BCUT2D eigenvalue weighted by molar-refractivity contribution is 6.01. The van der Waals surface area contributed by atoms with Crippen molar-refractivity contribution in [1.29, 1.82) is 5.26 Å². The van der Waals surface area contributed by atoms with Crippen LogP contribution in [0, 0.1) is 11.3 Å². The Morgan fingerprint density at radius 2 is 1.86 bits per heavy atom. The van der Waals surface area contributed by atoms with Crippen LogP contribution < -0.4 is 0 Å². The van der Waals surface area contributed by atoms with Gasteiger partial charge in [0.1, 0.15) is 5.60 Å². The summed E-state index contributed by atoms with van der Waals surface area (Å²) >= 11 is 0. The fourth-order valence-corrected chi connectivity index (χ4v) is 3.12. The van der Waals surface area contributed by atoms with Crippen LogP contribution in [0.5, 0.6) is 0 Å². The van der Waals surface area contributed by atoms with E-state index >= 15 is 0 Å². The van der Waals surface area contributed by atoms with E-state index in [4.69, 9.17) is 4.74 Å². The summed E-state index contributed by atoms with van der Waals surface area (Å²) in [5, 5.41) is 9.60. The van der Waals surface area contributed by atoms with Crippen molar-refractivity contribution in [2.24, 2.45) is 0 Å². The van der Waals surface area contributed by atoms with Crippen LogP contribution in [0.2, 0.25) is 0 Å². The average Bonchev–Trinajstić information content (AvgIpc) is 2.70. The highest BCUT2D eigenvalue weighted by Crippen LogP contribution is 2.22. The molecule has 7 nitrogen and oxygen atoms in total. The molecule has 7 heteroatoms. The number of likely N-dealkylation sites (N-methyl/N-ethyl adjacent to an activating group) is 1. The molecule has 1 aliphatic heterocycles. The first-order chi connectivity index (χ1) is 13.7. The van der Waals surface area contributed by atoms with E-state index in [0.717, 1.165) is 5.57 Å². The number of amides is 2. The van der Waals surface area contributed by atoms with Gasteiger partial charge in [-0.2, -0.15) is 5.26 Å². The molecule has 1 aromatic carbocycles. The van der Waals surface area contributed by atoms with Gasteiger partial charge in [-0.1, -0.05) is 23.8 Å². The zero-order valence-corrected chi connectivity index (χ0v) is 17.4. The molecular weight excluding hydrogens is 370 g/mol. The third kappa shape index (κ3) is 5.92. The summed E-state index contributed by atoms with van der Waals surface area (Å²) in [6, 6.07) is 8.78. The van der Waals surface area contributed by atoms with Crippen molar-refractivity contribution in [2.45, 2.75) is 39.2 Å². The average molecular weight is 397 g/mol. The fourth-order valence-electron chi connectivity index (χ4n) is 3.12. The van der Waals surface area contributed by atoms with E-state index in [-0.39, 0.29) is 18.5 Å². The number of nitrogens with zero attached hydrogens (tertiary/aromatic N) is 3. The largest absolute Gasteiger partial charge is 0.444 e. The number of carbonyl (C=O) groups excluding carboxylic acids is 3. The Hall–Kier alpha value is -3.14. The van der Waals surface area contributed by atoms with Crippen molar-refractivity contribution < 1.29 is 19.1 Å². The molecule has 0 aromatic heterocycles. The lowest BCUT2D eigenvalue weighted by Gasteiger charge is -2.31. The van der Waals surface area contributed by atoms with Crippen molar-refractivity contribution >= 4 is 18.3 Å². The van der Waals surface area contributed by atoms with Crippen LogP contribution in [-0.2, 0) is 4.74 Å². The second-order valence-corrected chi connectivity index (χ2v) is 8.03. The summed E-state index contributed by atoms with van der Waals surface area (Å²) in [4.78, 5) is 39.1. The maximum Gasteiger partial charge on any atom is 0.410 e. The van der Waals surface area contributed by atoms with Crippen LogP contribution in [0.1, 0.15) is 54.3 Å². The molecule has 1 fully saturated rings. The van der Waals surface area contributed by atoms with Gasteiger partial charge in [0.15, 0.2) is 6.29 Å². The van der Waals surface area contributed by atoms with Gasteiger partial charge in [-0.15, -0.1) is 0 Å². The molecule has 1 heterocycles. The minimum atomic E-state index is -0.550. The van der Waals surface area contributed by atoms with Crippen molar-refractivity contribution in [2.75, 3.05) is 26.7 Å². The highest BCUT2D eigenvalue weighted by atomic mass is 16.6. The van der Waals surface area contributed by atoms with Crippen LogP contribution in [0.25, 0.3) is 0 Å². The molecule has 154 valence electrons. The summed E-state index contributed by atoms with van der Waals surface area (Å²) in [6.07, 6.45) is 1.43. The number of likely N-dealkylation sites (tertiary alicyclic amines) is 1. The predicted octanol–water partition coefficient (Wildman–Crippen LogP) is 3.42. The normalized spacial score (nSPS) is 14.0. The number of benzene rings is 1. The molecule has 29 heavy (non-hydrogen) atoms. The SMILES string of the molecule is CN(CC(C#N)=C1CCN(C(=O)OC(C)(C)C)CC1)C(=O)c1ccccc1C=O. The van der Waals surface area contributed by atoms with E-state index < -0.39 is 5.60 Å². The lowest BCUT2D eigenvalue weighted by atomic mass is 9.98. The third-order valence-corrected chi connectivity index (χ3v) is 4.64. The van der Waals surface area contributed by atoms with Crippen LogP contribution >= 0.6 is 0 Å². The van der Waals surface area contributed by atoms with Crippen LogP contribution in [0.3, 0.4) is 0 Å². The molecule has 1 aromatic rings. The van der Waals surface area contributed by atoms with E-state index in [2.05, 4.69) is 6.07 Å². The zero-order chi connectivity index (χ0) is 21.6. The maximum atomic E-state index is 12.7. The second kappa shape index (κ2) is 9.37. The van der Waals surface area contributed by atoms with Crippen LogP contribution in [-0.4, -0.2) is 60.4 Å². The van der Waals surface area contributed by atoms with Crippen molar-refractivity contribution in [3.8, 4) is 6.07 Å². The van der Waals surface area contributed by atoms with Crippen molar-refractivity contribution in [1.82, 2.24) is 9.80 Å². The molecule has 0 N–H and O–H groups in total. The minimum absolute atomic E-state index is 0.157. The fraction of sp³-hybridized carbons (Fsp3) is 0.455. The Balaban J connectivity index is 2.05. The third-order valence-electron chi connectivity index (χ3n) is 4.64. The van der Waals surface area contributed by atoms with E-state index in [1.165, 1.54) is 4.90 Å². The zero-order valence-electron chi connectivity index (χ0n) is 17.4. The number of piperidine rings is 1. The first-order valence-electron chi connectivity index (χ1n) is 9.55. The van der Waals surface area contributed by atoms with Crippen molar-refractivity contribution in [3.63, 3.8) is 0 Å². The Bertz CT molecular complexity index is 852. The van der Waals surface area contributed by atoms with Gasteiger partial charge < -0.3 is 14.5 Å². The standard InChI is InChI=1S/C22H27N3O4/c1-22(2,3)29-21(28)25-11-9-16(10-12-25)18(13-23)14-24(4)20(27)19-8-6-5-7-17(19)15-26/h5-8,15H,9-12,14H2,1-4H3. The molecule has 2 rings (SSSR count). The van der Waals surface area contributed by atoms with Gasteiger partial charge in [0.25, 0.3) is 5.91 Å². The van der Waals surface area contributed by atoms with Gasteiger partial charge in [-0.3, -0.25) is 9.59 Å². The molecule has 0 bridgehead atoms. The Kier molecular flexibility index (Phi) is 7.16. The number of hydrogen-bond donors (Lipinski definition) is 0. The summed E-state index contributed by atoms with van der Waals surface area (Å²) in [5.41, 5.74) is 1.54. The first-order valence-corrected chi connectivity index (χ1v) is 9.55. The maximum absolute atomic E-state index is 12.7. The molecule has 0 saturated carbocycles. The number of carbonyl (C=O) groups is 3. The second-order valence-electron chi connectivity index (χ2n) is 8.03. The molecule has 1 aliphatic rings. The van der Waals surface area contributed by atoms with E-state index in [1.54, 1.807) is 36.2 Å². The number of hydrogen-bond acceptors (Lipinski definition) is 5. The van der Waals surface area contributed by atoms with Crippen LogP contribution in [0.15, 0.2) is 35.4 Å². The number of nitriles is 1. The van der Waals surface area contributed by atoms with Gasteiger partial charge in [0.05, 0.1) is 18.2 Å². The summed E-state index contributed by atoms with van der Waals surface area (Å²) in [5.74, 6) is -0.313. The van der Waals surface area contributed by atoms with E-state index in [0.29, 0.717) is 48.9 Å². The quantitative estimate of drug-likeness (QED) is 0.573. The Morgan fingerprint density at radius 1 is 1.24 bits per heavy atom. The number of ether oxygens (including phenoxy) is 1. The molecule has 0 atom stereocenters. The minimum Gasteiger partial charge on any atom is -0.444 e. The molecule has 1 saturated heterocycles. The van der Waals surface area contributed by atoms with Gasteiger partial charge in [-0.05, 0) is 39.7 Å². The smallest absolute Gasteiger partial charge is 0.410 e. The van der Waals surface area contributed by atoms with Gasteiger partial charge in [0, 0.05) is 31.3 Å². The first kappa shape index (κ1) is 22.2. The topological polar surface area (TPSA) is 90.7 Å². The Morgan fingerprint density at radius 3 is 2.41 bits per heavy atom. The molecule has 0 radical (unpaired) electrons. The van der Waals surface area contributed by atoms with Gasteiger partial charge in [-0.25, -0.2) is 4.79 Å². The number of aldehydes is 1. The lowest BCUT2D eigenvalue weighted by Crippen LogP contribution is -2.40. The monoisotopic (exact) mass is 397 g/mol. The van der Waals surface area contributed by atoms with Crippen LogP contribution in [0.4, 0.5) is 4.79 Å². The molecule has 2 amide bonds. The molecule has 0 unspecified atom stereocenters. The highest BCUT2D eigenvalue weighted by Gasteiger charge is 2.26. The number of rotatable bonds is 4. The molecular formula is C22H27N3O4. The van der Waals surface area contributed by atoms with Gasteiger partial charge >= 0.3 is 6.09 Å². The van der Waals surface area contributed by atoms with E-state index in [9.17, 15) is 19.6 Å². The predicted molar refractivity (Wildman–Crippen MR) is 108 cm³/mol. The lowest BCUT2D eigenvalue weighted by molar-refractivity contribution is 0.0236. The molecule has 0 aliphatic carbocycles. The Labute approximate surface area is 171 Å². The van der Waals surface area contributed by atoms with Gasteiger partial charge in [0.2, 0.25) is 0 Å². The van der Waals surface area contributed by atoms with Crippen molar-refractivity contribution in [3.05, 3.63) is 46.5 Å². The summed E-state index contributed by atoms with van der Waals surface area (Å²) < 4.78 is 5.39.